The highest BCUT2D eigenvalue weighted by Crippen LogP contribution is 2.22. The lowest BCUT2D eigenvalue weighted by molar-refractivity contribution is 0.141. The van der Waals surface area contributed by atoms with E-state index in [1.807, 2.05) is 0 Å². The minimum atomic E-state index is 0.273. The Morgan fingerprint density at radius 3 is 2.93 bits per heavy atom. The summed E-state index contributed by atoms with van der Waals surface area (Å²) < 4.78 is 5.14. The van der Waals surface area contributed by atoms with Gasteiger partial charge in [0.05, 0.1) is 13.2 Å². The van der Waals surface area contributed by atoms with E-state index in [-0.39, 0.29) is 5.84 Å². The predicted octanol–water partition coefficient (Wildman–Crippen LogP) is -0.0529. The Labute approximate surface area is 84.5 Å². The molecular weight excluding hydrogens is 182 g/mol. The Morgan fingerprint density at radius 2 is 2.36 bits per heavy atom. The molecule has 2 atom stereocenters. The number of hydrogen-bond acceptors (Lipinski definition) is 4. The summed E-state index contributed by atoms with van der Waals surface area (Å²) >= 11 is 0. The van der Waals surface area contributed by atoms with Crippen molar-refractivity contribution in [3.8, 4) is 0 Å². The van der Waals surface area contributed by atoms with Gasteiger partial charge in [0.25, 0.3) is 0 Å². The molecule has 14 heavy (non-hydrogen) atoms. The van der Waals surface area contributed by atoms with Crippen molar-refractivity contribution in [2.45, 2.75) is 6.92 Å². The fourth-order valence-electron chi connectivity index (χ4n) is 1.96. The van der Waals surface area contributed by atoms with Crippen LogP contribution in [-0.2, 0) is 4.74 Å². The first-order chi connectivity index (χ1) is 6.67. The number of rotatable bonds is 4. The highest BCUT2D eigenvalue weighted by molar-refractivity contribution is 5.81. The molecule has 5 nitrogen and oxygen atoms in total. The van der Waals surface area contributed by atoms with Crippen molar-refractivity contribution in [2.24, 2.45) is 22.7 Å². The summed E-state index contributed by atoms with van der Waals surface area (Å²) in [6.45, 7) is 5.49. The lowest BCUT2D eigenvalue weighted by Gasteiger charge is -2.14. The van der Waals surface area contributed by atoms with Gasteiger partial charge in [0.15, 0.2) is 5.84 Å². The zero-order chi connectivity index (χ0) is 10.6. The van der Waals surface area contributed by atoms with Crippen LogP contribution in [0.4, 0.5) is 0 Å². The Hall–Kier alpha value is -0.810. The lowest BCUT2D eigenvalue weighted by Crippen LogP contribution is -2.32. The van der Waals surface area contributed by atoms with Crippen LogP contribution in [0.1, 0.15) is 6.92 Å². The molecule has 0 aliphatic carbocycles. The van der Waals surface area contributed by atoms with E-state index in [4.69, 9.17) is 15.7 Å². The van der Waals surface area contributed by atoms with Gasteiger partial charge in [0.1, 0.15) is 0 Å². The second-order valence-corrected chi connectivity index (χ2v) is 3.98. The number of ether oxygens (including phenoxy) is 1. The summed E-state index contributed by atoms with van der Waals surface area (Å²) in [5, 5.41) is 11.4. The molecule has 1 aliphatic rings. The molecule has 0 bridgehead atoms. The van der Waals surface area contributed by atoms with E-state index in [0.29, 0.717) is 18.4 Å². The zero-order valence-corrected chi connectivity index (χ0v) is 8.81. The van der Waals surface area contributed by atoms with Crippen LogP contribution < -0.4 is 5.73 Å². The molecule has 1 fully saturated rings. The minimum absolute atomic E-state index is 0.273. The van der Waals surface area contributed by atoms with E-state index >= 15 is 0 Å². The lowest BCUT2D eigenvalue weighted by atomic mass is 10.00. The molecular formula is C9H19N3O2. The quantitative estimate of drug-likeness (QED) is 0.289. The SMILES string of the molecule is COCC1CN(C/C(N)=N/O)CC1C. The van der Waals surface area contributed by atoms with Gasteiger partial charge in [-0.1, -0.05) is 12.1 Å². The van der Waals surface area contributed by atoms with Crippen LogP contribution in [0.15, 0.2) is 5.16 Å². The van der Waals surface area contributed by atoms with Crippen LogP contribution in [0.2, 0.25) is 0 Å². The van der Waals surface area contributed by atoms with Gasteiger partial charge in [-0.3, -0.25) is 4.90 Å². The highest BCUT2D eigenvalue weighted by atomic mass is 16.5. The molecule has 5 heteroatoms. The molecule has 1 rings (SSSR count). The Morgan fingerprint density at radius 1 is 1.64 bits per heavy atom. The van der Waals surface area contributed by atoms with Crippen LogP contribution in [0.25, 0.3) is 0 Å². The second-order valence-electron chi connectivity index (χ2n) is 3.98. The van der Waals surface area contributed by atoms with Gasteiger partial charge >= 0.3 is 0 Å². The van der Waals surface area contributed by atoms with Crippen LogP contribution in [-0.4, -0.2) is 49.3 Å². The van der Waals surface area contributed by atoms with Gasteiger partial charge in [-0.2, -0.15) is 0 Å². The molecule has 2 unspecified atom stereocenters. The van der Waals surface area contributed by atoms with Crippen molar-refractivity contribution in [2.75, 3.05) is 33.4 Å². The van der Waals surface area contributed by atoms with Gasteiger partial charge in [0.2, 0.25) is 0 Å². The fourth-order valence-corrected chi connectivity index (χ4v) is 1.96. The third kappa shape index (κ3) is 2.85. The highest BCUT2D eigenvalue weighted by Gasteiger charge is 2.29. The summed E-state index contributed by atoms with van der Waals surface area (Å²) in [5.74, 6) is 1.45. The summed E-state index contributed by atoms with van der Waals surface area (Å²) in [5.41, 5.74) is 5.44. The first kappa shape index (κ1) is 11.3. The molecule has 0 aromatic carbocycles. The monoisotopic (exact) mass is 201 g/mol. The molecule has 1 heterocycles. The molecule has 82 valence electrons. The van der Waals surface area contributed by atoms with Crippen LogP contribution in [0.5, 0.6) is 0 Å². The number of oxime groups is 1. The molecule has 0 radical (unpaired) electrons. The van der Waals surface area contributed by atoms with E-state index in [0.717, 1.165) is 19.7 Å². The number of nitrogens with two attached hydrogens (primary N) is 1. The normalized spacial score (nSPS) is 29.7. The number of hydrogen-bond donors (Lipinski definition) is 2. The maximum absolute atomic E-state index is 8.44. The van der Waals surface area contributed by atoms with Gasteiger partial charge in [-0.05, 0) is 11.8 Å². The molecule has 0 saturated carbocycles. The van der Waals surface area contributed by atoms with Gasteiger partial charge in [0, 0.05) is 20.2 Å². The average molecular weight is 201 g/mol. The third-order valence-corrected chi connectivity index (χ3v) is 2.74. The van der Waals surface area contributed by atoms with Crippen molar-refractivity contribution < 1.29 is 9.94 Å². The van der Waals surface area contributed by atoms with E-state index in [2.05, 4.69) is 17.0 Å². The molecule has 3 N–H and O–H groups in total. The Kier molecular flexibility index (Phi) is 4.16. The summed E-state index contributed by atoms with van der Waals surface area (Å²) in [6, 6.07) is 0. The van der Waals surface area contributed by atoms with Crippen LogP contribution in [0, 0.1) is 11.8 Å². The van der Waals surface area contributed by atoms with Crippen LogP contribution in [0.3, 0.4) is 0 Å². The summed E-state index contributed by atoms with van der Waals surface area (Å²) in [4.78, 5) is 2.18. The van der Waals surface area contributed by atoms with Crippen molar-refractivity contribution in [3.05, 3.63) is 0 Å². The first-order valence-corrected chi connectivity index (χ1v) is 4.85. The Balaban J connectivity index is 2.38. The zero-order valence-electron chi connectivity index (χ0n) is 8.81. The molecule has 0 aromatic heterocycles. The number of amidine groups is 1. The molecule has 0 aromatic rings. The topological polar surface area (TPSA) is 71.1 Å². The number of methoxy groups -OCH3 is 1. The van der Waals surface area contributed by atoms with Crippen LogP contribution >= 0.6 is 0 Å². The second kappa shape index (κ2) is 5.17. The van der Waals surface area contributed by atoms with E-state index < -0.39 is 0 Å². The summed E-state index contributed by atoms with van der Waals surface area (Å²) in [6.07, 6.45) is 0. The van der Waals surface area contributed by atoms with Crippen molar-refractivity contribution in [3.63, 3.8) is 0 Å². The van der Waals surface area contributed by atoms with Gasteiger partial charge in [-0.25, -0.2) is 0 Å². The minimum Gasteiger partial charge on any atom is -0.409 e. The maximum Gasteiger partial charge on any atom is 0.153 e. The van der Waals surface area contributed by atoms with Crippen molar-refractivity contribution in [1.29, 1.82) is 0 Å². The average Bonchev–Trinajstić information content (AvgIpc) is 2.47. The number of likely N-dealkylation sites (tertiary alicyclic amines) is 1. The van der Waals surface area contributed by atoms with E-state index in [9.17, 15) is 0 Å². The van der Waals surface area contributed by atoms with E-state index in [1.54, 1.807) is 7.11 Å². The first-order valence-electron chi connectivity index (χ1n) is 4.85. The molecule has 0 amide bonds. The Bertz CT molecular complexity index is 208. The maximum atomic E-state index is 8.44. The van der Waals surface area contributed by atoms with Crippen molar-refractivity contribution >= 4 is 5.84 Å². The molecule has 1 aliphatic heterocycles. The van der Waals surface area contributed by atoms with E-state index in [1.165, 1.54) is 0 Å². The smallest absolute Gasteiger partial charge is 0.153 e. The standard InChI is InChI=1S/C9H19N3O2/c1-7-3-12(5-9(10)11-13)4-8(7)6-14-2/h7-8,13H,3-6H2,1-2H3,(H2,10,11). The summed E-state index contributed by atoms with van der Waals surface area (Å²) in [7, 11) is 1.72. The van der Waals surface area contributed by atoms with Gasteiger partial charge < -0.3 is 15.7 Å². The third-order valence-electron chi connectivity index (χ3n) is 2.74. The largest absolute Gasteiger partial charge is 0.409 e. The molecule has 1 saturated heterocycles. The predicted molar refractivity (Wildman–Crippen MR) is 54.4 cm³/mol. The fraction of sp³-hybridized carbons (Fsp3) is 0.889. The van der Waals surface area contributed by atoms with Gasteiger partial charge in [-0.15, -0.1) is 0 Å². The molecule has 0 spiro atoms. The number of nitrogens with zero attached hydrogens (tertiary/aromatic N) is 2. The van der Waals surface area contributed by atoms with Crippen molar-refractivity contribution in [1.82, 2.24) is 4.90 Å².